The minimum absolute atomic E-state index is 0. The van der Waals surface area contributed by atoms with Crippen molar-refractivity contribution in [1.29, 1.82) is 5.41 Å². The zero-order valence-electron chi connectivity index (χ0n) is 19.8. The molecule has 1 fully saturated rings. The number of halogens is 1. The number of hydrogen-bond acceptors (Lipinski definition) is 7. The van der Waals surface area contributed by atoms with E-state index in [0.717, 1.165) is 35.4 Å². The molecule has 1 aliphatic heterocycles. The van der Waals surface area contributed by atoms with Gasteiger partial charge in [-0.05, 0) is 36.2 Å². The van der Waals surface area contributed by atoms with E-state index < -0.39 is 0 Å². The van der Waals surface area contributed by atoms with Crippen LogP contribution in [0, 0.1) is 5.41 Å². The lowest BCUT2D eigenvalue weighted by Gasteiger charge is -2.18. The van der Waals surface area contributed by atoms with Crippen molar-refractivity contribution in [1.82, 2.24) is 15.2 Å². The Morgan fingerprint density at radius 3 is 2.34 bits per heavy atom. The molecule has 1 unspecified atom stereocenters. The van der Waals surface area contributed by atoms with Crippen molar-refractivity contribution in [3.05, 3.63) is 54.2 Å². The number of rotatable bonds is 7. The van der Waals surface area contributed by atoms with Gasteiger partial charge in [0.2, 0.25) is 11.9 Å². The number of anilines is 1. The molecule has 1 aromatic carbocycles. The van der Waals surface area contributed by atoms with Gasteiger partial charge in [-0.15, -0.1) is 12.4 Å². The first kappa shape index (κ1) is 29.5. The van der Waals surface area contributed by atoms with Crippen LogP contribution < -0.4 is 26.4 Å². The predicted molar refractivity (Wildman–Crippen MR) is 143 cm³/mol. The second-order valence-corrected chi connectivity index (χ2v) is 8.62. The Kier molecular flexibility index (Phi) is 12.4. The van der Waals surface area contributed by atoms with E-state index in [0.29, 0.717) is 13.0 Å². The van der Waals surface area contributed by atoms with Gasteiger partial charge in [0.15, 0.2) is 5.96 Å². The van der Waals surface area contributed by atoms with E-state index in [1.165, 1.54) is 4.90 Å². The van der Waals surface area contributed by atoms with Crippen LogP contribution in [0.15, 0.2) is 53.7 Å². The Labute approximate surface area is 215 Å². The van der Waals surface area contributed by atoms with Crippen molar-refractivity contribution in [2.45, 2.75) is 11.7 Å². The summed E-state index contributed by atoms with van der Waals surface area (Å²) in [6.45, 7) is 1.27. The highest BCUT2D eigenvalue weighted by Crippen LogP contribution is 2.23. The Hall–Kier alpha value is -3.51. The molecule has 35 heavy (non-hydrogen) atoms. The molecule has 1 aliphatic rings. The number of thioether (sulfide) groups is 1. The molecule has 2 aromatic rings. The number of pyridine rings is 1. The third kappa shape index (κ3) is 10.5. The Morgan fingerprint density at radius 1 is 1.17 bits per heavy atom. The van der Waals surface area contributed by atoms with Crippen molar-refractivity contribution in [2.24, 2.45) is 16.5 Å². The number of nitrogens with one attached hydrogen (secondary N) is 2. The normalized spacial score (nSPS) is 14.0. The maximum absolute atomic E-state index is 11.6. The van der Waals surface area contributed by atoms with E-state index in [4.69, 9.17) is 21.6 Å². The highest BCUT2D eigenvalue weighted by molar-refractivity contribution is 8.15. The molecule has 0 saturated carbocycles. The van der Waals surface area contributed by atoms with Crippen molar-refractivity contribution >= 4 is 53.1 Å². The van der Waals surface area contributed by atoms with Crippen LogP contribution in [0.3, 0.4) is 0 Å². The lowest BCUT2D eigenvalue weighted by atomic mass is 10.1. The number of hydrogen-bond donors (Lipinski definition) is 4. The molecular weight excluding hydrogens is 492 g/mol. The smallest absolute Gasteiger partial charge is 0.286 e. The van der Waals surface area contributed by atoms with Gasteiger partial charge >= 0.3 is 0 Å². The van der Waals surface area contributed by atoms with Crippen molar-refractivity contribution in [2.75, 3.05) is 39.2 Å². The number of aliphatic imine (C=N–C) groups is 1. The number of aromatic nitrogens is 1. The van der Waals surface area contributed by atoms with Gasteiger partial charge in [0.25, 0.3) is 5.24 Å². The summed E-state index contributed by atoms with van der Waals surface area (Å²) in [6.07, 6.45) is 2.30. The van der Waals surface area contributed by atoms with Crippen LogP contribution in [0.5, 0.6) is 5.75 Å². The number of guanidine groups is 2. The van der Waals surface area contributed by atoms with Gasteiger partial charge in [0.05, 0.1) is 11.8 Å². The van der Waals surface area contributed by atoms with Crippen LogP contribution >= 0.6 is 24.2 Å². The molecular formula is C22H31ClN8O3S. The minimum Gasteiger partial charge on any atom is -0.492 e. The summed E-state index contributed by atoms with van der Waals surface area (Å²) in [5.74, 6) is 1.43. The minimum atomic E-state index is -0.341. The van der Waals surface area contributed by atoms with Crippen LogP contribution in [-0.2, 0) is 11.2 Å². The van der Waals surface area contributed by atoms with Crippen LogP contribution in [0.2, 0.25) is 0 Å². The van der Waals surface area contributed by atoms with Gasteiger partial charge in [0, 0.05) is 27.3 Å². The monoisotopic (exact) mass is 522 g/mol. The first-order valence-electron chi connectivity index (χ1n) is 10.4. The highest BCUT2D eigenvalue weighted by Gasteiger charge is 2.31. The average molecular weight is 523 g/mol. The van der Waals surface area contributed by atoms with E-state index >= 15 is 0 Å². The Bertz CT molecular complexity index is 1000. The summed E-state index contributed by atoms with van der Waals surface area (Å²) in [7, 11) is 5.35. The Morgan fingerprint density at radius 2 is 1.86 bits per heavy atom. The number of amides is 2. The highest BCUT2D eigenvalue weighted by atomic mass is 35.5. The zero-order chi connectivity index (χ0) is 25.1. The molecule has 1 atom stereocenters. The summed E-state index contributed by atoms with van der Waals surface area (Å²) in [5.41, 5.74) is 11.0. The fraction of sp³-hybridized carbons (Fsp3) is 0.318. The molecule has 3 rings (SSSR count). The van der Waals surface area contributed by atoms with E-state index in [1.807, 2.05) is 54.4 Å². The summed E-state index contributed by atoms with van der Waals surface area (Å²) in [4.78, 5) is 34.1. The van der Waals surface area contributed by atoms with Crippen LogP contribution in [0.4, 0.5) is 10.6 Å². The first-order valence-corrected chi connectivity index (χ1v) is 11.2. The number of carbonyl (C=O) groups is 2. The lowest BCUT2D eigenvalue weighted by Crippen LogP contribution is -2.28. The third-order valence-electron chi connectivity index (χ3n) is 4.51. The molecule has 13 heteroatoms. The quantitative estimate of drug-likeness (QED) is 0.313. The van der Waals surface area contributed by atoms with E-state index in [2.05, 4.69) is 15.3 Å². The van der Waals surface area contributed by atoms with Crippen molar-refractivity contribution in [3.63, 3.8) is 0 Å². The van der Waals surface area contributed by atoms with Crippen LogP contribution in [0.25, 0.3) is 0 Å². The topological polar surface area (TPSA) is 163 Å². The molecule has 6 N–H and O–H groups in total. The molecule has 190 valence electrons. The molecule has 11 nitrogen and oxygen atoms in total. The van der Waals surface area contributed by atoms with E-state index in [1.54, 1.807) is 20.3 Å². The van der Waals surface area contributed by atoms with Gasteiger partial charge in [-0.1, -0.05) is 30.0 Å². The lowest BCUT2D eigenvalue weighted by molar-refractivity contribution is -0.118. The summed E-state index contributed by atoms with van der Waals surface area (Å²) >= 11 is 1.05. The fourth-order valence-corrected chi connectivity index (χ4v) is 3.54. The van der Waals surface area contributed by atoms with Crippen molar-refractivity contribution < 1.29 is 14.3 Å². The first-order chi connectivity index (χ1) is 16.2. The zero-order valence-corrected chi connectivity index (χ0v) is 21.4. The molecule has 1 aromatic heterocycles. The number of nitrogens with two attached hydrogens (primary N) is 2. The SMILES string of the molecule is CN(C)C(=N)N=C(N)N.CN(CCOc1ccc(CC2SC(=O)NC2=O)cc1)c1ccccn1.Cl. The van der Waals surface area contributed by atoms with Crippen molar-refractivity contribution in [3.8, 4) is 5.75 Å². The molecule has 0 aliphatic carbocycles. The number of ether oxygens (including phenoxy) is 1. The second kappa shape index (κ2) is 14.7. The molecule has 1 saturated heterocycles. The number of carbonyl (C=O) groups excluding carboxylic acids is 2. The van der Waals surface area contributed by atoms with Crippen LogP contribution in [-0.4, -0.2) is 72.5 Å². The molecule has 0 spiro atoms. The molecule has 0 radical (unpaired) electrons. The molecule has 2 amide bonds. The number of nitrogens with zero attached hydrogens (tertiary/aromatic N) is 4. The number of imide groups is 1. The second-order valence-electron chi connectivity index (χ2n) is 7.44. The summed E-state index contributed by atoms with van der Waals surface area (Å²) < 4.78 is 5.75. The largest absolute Gasteiger partial charge is 0.492 e. The van der Waals surface area contributed by atoms with Gasteiger partial charge in [-0.25, -0.2) is 4.98 Å². The number of likely N-dealkylation sites (N-methyl/N-ethyl adjacent to an activating group) is 1. The summed E-state index contributed by atoms with van der Waals surface area (Å²) in [6, 6.07) is 13.4. The van der Waals surface area contributed by atoms with E-state index in [-0.39, 0.29) is 40.7 Å². The fourth-order valence-electron chi connectivity index (χ4n) is 2.68. The maximum Gasteiger partial charge on any atom is 0.286 e. The predicted octanol–water partition coefficient (Wildman–Crippen LogP) is 1.67. The van der Waals surface area contributed by atoms with Gasteiger partial charge in [-0.3, -0.25) is 20.3 Å². The van der Waals surface area contributed by atoms with Gasteiger partial charge < -0.3 is 26.0 Å². The maximum atomic E-state index is 11.6. The van der Waals surface area contributed by atoms with Crippen LogP contribution in [0.1, 0.15) is 5.56 Å². The molecule has 2 heterocycles. The van der Waals surface area contributed by atoms with Gasteiger partial charge in [-0.2, -0.15) is 4.99 Å². The Balaban J connectivity index is 0.000000526. The summed E-state index contributed by atoms with van der Waals surface area (Å²) in [5, 5.41) is 8.74. The number of benzene rings is 1. The standard InChI is InChI=1S/C18H19N3O3S.C4H11N5.ClH/c1-21(16-4-2-3-9-19-16)10-11-24-14-7-5-13(6-8-14)12-15-17(22)20-18(23)25-15;1-9(2)4(7)8-3(5)6;/h2-9,15H,10-12H2,1H3,(H,20,22,23);1-2H3,(H5,5,6,7,8);1H. The van der Waals surface area contributed by atoms with Gasteiger partial charge in [0.1, 0.15) is 18.2 Å². The average Bonchev–Trinajstić information content (AvgIpc) is 3.11. The van der Waals surface area contributed by atoms with E-state index in [9.17, 15) is 9.59 Å². The molecule has 0 bridgehead atoms. The third-order valence-corrected chi connectivity index (χ3v) is 5.49.